The highest BCUT2D eigenvalue weighted by molar-refractivity contribution is 7.91. The summed E-state index contributed by atoms with van der Waals surface area (Å²) in [5.74, 6) is 0.439. The van der Waals surface area contributed by atoms with Gasteiger partial charge < -0.3 is 4.74 Å². The number of halogens is 1. The van der Waals surface area contributed by atoms with E-state index in [1.807, 2.05) is 12.1 Å². The molecule has 8 heteroatoms. The molecule has 2 fully saturated rings. The molecule has 6 nitrogen and oxygen atoms in total. The zero-order valence-corrected chi connectivity index (χ0v) is 18.9. The van der Waals surface area contributed by atoms with Crippen LogP contribution in [0.1, 0.15) is 38.7 Å². The summed E-state index contributed by atoms with van der Waals surface area (Å²) in [6.45, 7) is 6.78. The molecule has 2 atom stereocenters. The van der Waals surface area contributed by atoms with Gasteiger partial charge in [-0.25, -0.2) is 4.39 Å². The third-order valence-electron chi connectivity index (χ3n) is 6.22. The fraction of sp³-hybridized carbons (Fsp3) is 0.478. The Hall–Kier alpha value is -2.16. The number of nitrogens with one attached hydrogen (secondary N) is 1. The molecule has 0 bridgehead atoms. The number of hydrogen-bond donors (Lipinski definition) is 1. The summed E-state index contributed by atoms with van der Waals surface area (Å²) in [6.07, 6.45) is 2.31. The summed E-state index contributed by atoms with van der Waals surface area (Å²) < 4.78 is 49.3. The predicted molar refractivity (Wildman–Crippen MR) is 120 cm³/mol. The number of likely N-dealkylation sites (tertiary alicyclic amines) is 1. The molecule has 2 saturated heterocycles. The second-order valence-electron chi connectivity index (χ2n) is 8.56. The van der Waals surface area contributed by atoms with E-state index >= 15 is 0 Å². The van der Waals surface area contributed by atoms with Crippen LogP contribution < -0.4 is 13.8 Å². The average Bonchev–Trinajstić information content (AvgIpc) is 2.99. The van der Waals surface area contributed by atoms with E-state index in [-0.39, 0.29) is 6.04 Å². The number of benzene rings is 2. The van der Waals surface area contributed by atoms with Gasteiger partial charge in [-0.3, -0.25) is 9.21 Å². The van der Waals surface area contributed by atoms with E-state index in [4.69, 9.17) is 4.74 Å². The predicted octanol–water partition coefficient (Wildman–Crippen LogP) is 3.69. The van der Waals surface area contributed by atoms with Crippen LogP contribution in [-0.4, -0.2) is 44.6 Å². The Morgan fingerprint density at radius 2 is 2.03 bits per heavy atom. The van der Waals surface area contributed by atoms with Crippen LogP contribution in [0.5, 0.6) is 5.75 Å². The van der Waals surface area contributed by atoms with E-state index in [1.54, 1.807) is 12.1 Å². The van der Waals surface area contributed by atoms with Crippen LogP contribution in [0.15, 0.2) is 48.5 Å². The molecule has 168 valence electrons. The van der Waals surface area contributed by atoms with Crippen LogP contribution >= 0.6 is 0 Å². The number of hydrogen-bond acceptors (Lipinski definition) is 4. The van der Waals surface area contributed by atoms with Crippen molar-refractivity contribution in [3.8, 4) is 5.75 Å². The minimum Gasteiger partial charge on any atom is -0.494 e. The number of nitrogens with zero attached hydrogens (tertiary/aromatic N) is 2. The van der Waals surface area contributed by atoms with Gasteiger partial charge in [0.2, 0.25) is 0 Å². The molecule has 2 aliphatic heterocycles. The van der Waals surface area contributed by atoms with Crippen molar-refractivity contribution >= 4 is 15.9 Å². The third-order valence-corrected chi connectivity index (χ3v) is 7.81. The zero-order chi connectivity index (χ0) is 22.1. The van der Waals surface area contributed by atoms with Gasteiger partial charge in [0.25, 0.3) is 0 Å². The van der Waals surface area contributed by atoms with Crippen LogP contribution in [0.25, 0.3) is 0 Å². The summed E-state index contributed by atoms with van der Waals surface area (Å²) >= 11 is 0. The molecule has 2 aromatic rings. The highest BCUT2D eigenvalue weighted by Gasteiger charge is 2.52. The van der Waals surface area contributed by atoms with E-state index in [9.17, 15) is 12.8 Å². The number of rotatable bonds is 6. The zero-order valence-electron chi connectivity index (χ0n) is 18.1. The highest BCUT2D eigenvalue weighted by Crippen LogP contribution is 2.41. The summed E-state index contributed by atoms with van der Waals surface area (Å²) in [5, 5.41) is 0. The Kier molecular flexibility index (Phi) is 6.23. The maximum atomic E-state index is 13.9. The third kappa shape index (κ3) is 4.56. The van der Waals surface area contributed by atoms with Crippen molar-refractivity contribution in [3.63, 3.8) is 0 Å². The standard InChI is InChI=1S/C23H30FN3O3S/c1-3-12-30-22-9-4-6-19(13-22)16-26-11-10-23(15-18(26)2)17-25-31(28,29)27(23)21-8-5-7-20(24)14-21/h4-9,13-14,18,25H,3,10-12,15-17H2,1-2H3/t18-,23+/m0/s1. The molecule has 0 amide bonds. The molecule has 2 aliphatic rings. The van der Waals surface area contributed by atoms with Crippen molar-refractivity contribution in [1.82, 2.24) is 9.62 Å². The second kappa shape index (κ2) is 8.76. The normalized spacial score (nSPS) is 25.8. The molecule has 1 spiro atoms. The highest BCUT2D eigenvalue weighted by atomic mass is 32.2. The van der Waals surface area contributed by atoms with Crippen molar-refractivity contribution in [3.05, 3.63) is 59.9 Å². The average molecular weight is 448 g/mol. The van der Waals surface area contributed by atoms with Crippen molar-refractivity contribution in [2.45, 2.75) is 51.2 Å². The first-order valence-corrected chi connectivity index (χ1v) is 12.3. The van der Waals surface area contributed by atoms with Crippen LogP contribution in [0.4, 0.5) is 10.1 Å². The Morgan fingerprint density at radius 3 is 2.77 bits per heavy atom. The molecule has 0 saturated carbocycles. The summed E-state index contributed by atoms with van der Waals surface area (Å²) in [7, 11) is -3.70. The lowest BCUT2D eigenvalue weighted by atomic mass is 9.83. The van der Waals surface area contributed by atoms with Crippen molar-refractivity contribution in [2.24, 2.45) is 0 Å². The first-order chi connectivity index (χ1) is 14.8. The first kappa shape index (κ1) is 22.0. The van der Waals surface area contributed by atoms with Gasteiger partial charge in [0.15, 0.2) is 0 Å². The fourth-order valence-electron chi connectivity index (χ4n) is 4.75. The van der Waals surface area contributed by atoms with E-state index < -0.39 is 21.6 Å². The Morgan fingerprint density at radius 1 is 1.23 bits per heavy atom. The molecule has 2 aromatic carbocycles. The molecule has 0 aromatic heterocycles. The minimum atomic E-state index is -3.70. The van der Waals surface area contributed by atoms with E-state index in [0.29, 0.717) is 31.7 Å². The van der Waals surface area contributed by atoms with Crippen molar-refractivity contribution in [2.75, 3.05) is 24.0 Å². The monoisotopic (exact) mass is 447 g/mol. The summed E-state index contributed by atoms with van der Waals surface area (Å²) in [5.41, 5.74) is 0.969. The second-order valence-corrected chi connectivity index (χ2v) is 10.2. The number of ether oxygens (including phenoxy) is 1. The Balaban J connectivity index is 1.52. The molecule has 2 heterocycles. The first-order valence-electron chi connectivity index (χ1n) is 10.8. The maximum absolute atomic E-state index is 13.9. The van der Waals surface area contributed by atoms with Gasteiger partial charge in [0, 0.05) is 25.7 Å². The van der Waals surface area contributed by atoms with Gasteiger partial charge in [0.1, 0.15) is 11.6 Å². The lowest BCUT2D eigenvalue weighted by Gasteiger charge is -2.47. The minimum absolute atomic E-state index is 0.167. The molecular formula is C23H30FN3O3S. The molecule has 1 N–H and O–H groups in total. The lowest BCUT2D eigenvalue weighted by molar-refractivity contribution is 0.106. The number of anilines is 1. The maximum Gasteiger partial charge on any atom is 0.302 e. The van der Waals surface area contributed by atoms with Gasteiger partial charge in [-0.05, 0) is 62.1 Å². The fourth-order valence-corrected chi connectivity index (χ4v) is 6.46. The van der Waals surface area contributed by atoms with E-state index in [2.05, 4.69) is 35.6 Å². The van der Waals surface area contributed by atoms with Gasteiger partial charge in [-0.1, -0.05) is 25.1 Å². The van der Waals surface area contributed by atoms with Gasteiger partial charge in [-0.2, -0.15) is 13.1 Å². The van der Waals surface area contributed by atoms with Crippen LogP contribution in [0.2, 0.25) is 0 Å². The summed E-state index contributed by atoms with van der Waals surface area (Å²) in [4.78, 5) is 2.37. The largest absolute Gasteiger partial charge is 0.494 e. The van der Waals surface area contributed by atoms with E-state index in [0.717, 1.165) is 25.3 Å². The molecule has 0 unspecified atom stereocenters. The van der Waals surface area contributed by atoms with E-state index in [1.165, 1.54) is 22.0 Å². The Labute approximate surface area is 184 Å². The SMILES string of the molecule is CCCOc1cccc(CN2CC[C@]3(CNS(=O)(=O)N3c3cccc(F)c3)C[C@@H]2C)c1. The molecule has 0 aliphatic carbocycles. The molecule has 0 radical (unpaired) electrons. The van der Waals surface area contributed by atoms with Gasteiger partial charge in [-0.15, -0.1) is 0 Å². The Bertz CT molecular complexity index is 1030. The van der Waals surface area contributed by atoms with Crippen LogP contribution in [0.3, 0.4) is 0 Å². The molecule has 4 rings (SSSR count). The summed E-state index contributed by atoms with van der Waals surface area (Å²) in [6, 6.07) is 14.2. The topological polar surface area (TPSA) is 61.9 Å². The lowest BCUT2D eigenvalue weighted by Crippen LogP contribution is -2.57. The van der Waals surface area contributed by atoms with Crippen molar-refractivity contribution in [1.29, 1.82) is 0 Å². The van der Waals surface area contributed by atoms with Crippen LogP contribution in [0, 0.1) is 5.82 Å². The number of piperidine rings is 1. The van der Waals surface area contributed by atoms with Gasteiger partial charge in [0.05, 0.1) is 17.8 Å². The smallest absolute Gasteiger partial charge is 0.302 e. The molecular weight excluding hydrogens is 417 g/mol. The van der Waals surface area contributed by atoms with Gasteiger partial charge >= 0.3 is 10.2 Å². The van der Waals surface area contributed by atoms with Crippen LogP contribution in [-0.2, 0) is 16.8 Å². The van der Waals surface area contributed by atoms with Crippen molar-refractivity contribution < 1.29 is 17.5 Å². The quantitative estimate of drug-likeness (QED) is 0.734. The molecule has 31 heavy (non-hydrogen) atoms.